The maximum atomic E-state index is 13.3. The summed E-state index contributed by atoms with van der Waals surface area (Å²) >= 11 is 0. The molecule has 0 atom stereocenters. The summed E-state index contributed by atoms with van der Waals surface area (Å²) in [5.41, 5.74) is 3.42. The Kier molecular flexibility index (Phi) is 8.07. The summed E-state index contributed by atoms with van der Waals surface area (Å²) in [7, 11) is 0. The molecule has 7 heteroatoms. The Balaban J connectivity index is 1.27. The Hall–Kier alpha value is -2.77. The first-order valence-corrected chi connectivity index (χ1v) is 12.0. The highest BCUT2D eigenvalue weighted by Gasteiger charge is 2.29. The van der Waals surface area contributed by atoms with Crippen LogP contribution >= 0.6 is 0 Å². The third-order valence-electron chi connectivity index (χ3n) is 6.65. The second kappa shape index (κ2) is 11.4. The fraction of sp³-hybridized carbons (Fsp3) is 0.500. The summed E-state index contributed by atoms with van der Waals surface area (Å²) in [6, 6.07) is 11.7. The van der Waals surface area contributed by atoms with Crippen LogP contribution < -0.4 is 5.32 Å². The minimum Gasteiger partial charge on any atom is -0.379 e. The molecule has 1 N–H and O–H groups in total. The van der Waals surface area contributed by atoms with E-state index in [-0.39, 0.29) is 17.7 Å². The fourth-order valence-corrected chi connectivity index (χ4v) is 4.63. The number of likely N-dealkylation sites (tertiary alicyclic amines) is 1. The lowest BCUT2D eigenvalue weighted by atomic mass is 9.94. The van der Waals surface area contributed by atoms with Crippen molar-refractivity contribution in [2.24, 2.45) is 5.92 Å². The first kappa shape index (κ1) is 23.4. The quantitative estimate of drug-likeness (QED) is 0.657. The van der Waals surface area contributed by atoms with E-state index < -0.39 is 0 Å². The molecule has 3 heterocycles. The van der Waals surface area contributed by atoms with Crippen molar-refractivity contribution in [2.75, 3.05) is 52.5 Å². The molecule has 1 aromatic carbocycles. The van der Waals surface area contributed by atoms with Crippen molar-refractivity contribution >= 4 is 11.8 Å². The third-order valence-corrected chi connectivity index (χ3v) is 6.65. The molecule has 1 aromatic heterocycles. The summed E-state index contributed by atoms with van der Waals surface area (Å²) in [6.07, 6.45) is 4.07. The third kappa shape index (κ3) is 5.97. The summed E-state index contributed by atoms with van der Waals surface area (Å²) < 4.78 is 5.37. The van der Waals surface area contributed by atoms with Gasteiger partial charge in [0.05, 0.1) is 24.5 Å². The Bertz CT molecular complexity index is 950. The van der Waals surface area contributed by atoms with Crippen LogP contribution in [0.4, 0.5) is 0 Å². The number of benzene rings is 1. The molecule has 2 fully saturated rings. The van der Waals surface area contributed by atoms with Gasteiger partial charge in [-0.05, 0) is 50.4 Å². The normalized spacial score (nSPS) is 17.7. The van der Waals surface area contributed by atoms with E-state index in [4.69, 9.17) is 4.74 Å². The van der Waals surface area contributed by atoms with Crippen molar-refractivity contribution in [2.45, 2.75) is 26.2 Å². The number of aromatic nitrogens is 1. The predicted octanol–water partition coefficient (Wildman–Crippen LogP) is 2.75. The van der Waals surface area contributed by atoms with Crippen molar-refractivity contribution in [3.05, 3.63) is 53.7 Å². The zero-order valence-corrected chi connectivity index (χ0v) is 19.5. The minimum atomic E-state index is -0.0258. The fourth-order valence-electron chi connectivity index (χ4n) is 4.63. The van der Waals surface area contributed by atoms with Crippen LogP contribution in [0, 0.1) is 12.8 Å². The van der Waals surface area contributed by atoms with Crippen LogP contribution in [0.2, 0.25) is 0 Å². The molecular formula is C26H34N4O3. The van der Waals surface area contributed by atoms with E-state index in [1.165, 1.54) is 0 Å². The second-order valence-corrected chi connectivity index (χ2v) is 8.88. The zero-order chi connectivity index (χ0) is 23.0. The summed E-state index contributed by atoms with van der Waals surface area (Å²) in [5.74, 6) is 0.0824. The first-order chi connectivity index (χ1) is 16.1. The maximum absolute atomic E-state index is 13.3. The van der Waals surface area contributed by atoms with E-state index in [9.17, 15) is 9.59 Å². The number of carbonyl (C=O) groups excluding carboxylic acids is 2. The number of amides is 2. The van der Waals surface area contributed by atoms with Crippen LogP contribution in [-0.2, 0) is 9.53 Å². The van der Waals surface area contributed by atoms with Crippen LogP contribution in [0.15, 0.2) is 42.6 Å². The van der Waals surface area contributed by atoms with Crippen LogP contribution in [0.25, 0.3) is 11.3 Å². The van der Waals surface area contributed by atoms with E-state index in [0.29, 0.717) is 38.0 Å². The summed E-state index contributed by atoms with van der Waals surface area (Å²) in [6.45, 7) is 8.45. The van der Waals surface area contributed by atoms with Crippen molar-refractivity contribution in [3.8, 4) is 11.3 Å². The van der Waals surface area contributed by atoms with Crippen LogP contribution in [0.3, 0.4) is 0 Å². The summed E-state index contributed by atoms with van der Waals surface area (Å²) in [5, 5.41) is 3.09. The van der Waals surface area contributed by atoms with Gasteiger partial charge < -0.3 is 15.0 Å². The van der Waals surface area contributed by atoms with E-state index in [1.807, 2.05) is 48.2 Å². The average Bonchev–Trinajstić information content (AvgIpc) is 2.87. The molecule has 2 amide bonds. The number of pyridine rings is 1. The highest BCUT2D eigenvalue weighted by Crippen LogP contribution is 2.27. The molecule has 2 saturated heterocycles. The number of aryl methyl sites for hydroxylation is 1. The average molecular weight is 451 g/mol. The van der Waals surface area contributed by atoms with Gasteiger partial charge in [-0.25, -0.2) is 0 Å². The number of carbonyl (C=O) groups is 2. The Morgan fingerprint density at radius 1 is 1.06 bits per heavy atom. The second-order valence-electron chi connectivity index (χ2n) is 8.88. The SMILES string of the molecule is Cc1ccccc1-c1ncccc1C(=O)N1CCC(C(=O)NCCCN2CCOCC2)CC1. The standard InChI is InChI=1S/C26H34N4O3/c1-20-6-2-3-7-22(20)24-23(8-4-11-27-24)26(32)30-14-9-21(10-15-30)25(31)28-12-5-13-29-16-18-33-19-17-29/h2-4,6-8,11,21H,5,9-10,12-19H2,1H3,(H,28,31). The molecule has 0 bridgehead atoms. The maximum Gasteiger partial charge on any atom is 0.256 e. The van der Waals surface area contributed by atoms with Gasteiger partial charge >= 0.3 is 0 Å². The highest BCUT2D eigenvalue weighted by atomic mass is 16.5. The lowest BCUT2D eigenvalue weighted by Crippen LogP contribution is -2.43. The van der Waals surface area contributed by atoms with Crippen LogP contribution in [0.1, 0.15) is 35.2 Å². The molecule has 0 saturated carbocycles. The molecule has 0 radical (unpaired) electrons. The van der Waals surface area contributed by atoms with E-state index in [2.05, 4.69) is 15.2 Å². The molecule has 33 heavy (non-hydrogen) atoms. The number of hydrogen-bond donors (Lipinski definition) is 1. The number of morpholine rings is 1. The topological polar surface area (TPSA) is 74.8 Å². The van der Waals surface area contributed by atoms with Gasteiger partial charge in [0.25, 0.3) is 5.91 Å². The van der Waals surface area contributed by atoms with Crippen LogP contribution in [0.5, 0.6) is 0 Å². The zero-order valence-electron chi connectivity index (χ0n) is 19.5. The Labute approximate surface area is 196 Å². The van der Waals surface area contributed by atoms with Gasteiger partial charge in [0.2, 0.25) is 5.91 Å². The lowest BCUT2D eigenvalue weighted by Gasteiger charge is -2.32. The van der Waals surface area contributed by atoms with Gasteiger partial charge in [-0.15, -0.1) is 0 Å². The van der Waals surface area contributed by atoms with Gasteiger partial charge in [0, 0.05) is 50.4 Å². The first-order valence-electron chi connectivity index (χ1n) is 12.0. The Morgan fingerprint density at radius 3 is 2.58 bits per heavy atom. The smallest absolute Gasteiger partial charge is 0.256 e. The lowest BCUT2D eigenvalue weighted by molar-refractivity contribution is -0.126. The van der Waals surface area contributed by atoms with Crippen molar-refractivity contribution in [3.63, 3.8) is 0 Å². The van der Waals surface area contributed by atoms with Crippen molar-refractivity contribution < 1.29 is 14.3 Å². The minimum absolute atomic E-state index is 0.00859. The van der Waals surface area contributed by atoms with E-state index in [0.717, 1.165) is 56.1 Å². The molecule has 2 aliphatic rings. The Morgan fingerprint density at radius 2 is 1.82 bits per heavy atom. The number of ether oxygens (including phenoxy) is 1. The van der Waals surface area contributed by atoms with Crippen molar-refractivity contribution in [1.82, 2.24) is 20.1 Å². The van der Waals surface area contributed by atoms with E-state index >= 15 is 0 Å². The molecule has 4 rings (SSSR count). The van der Waals surface area contributed by atoms with Gasteiger partial charge in [-0.1, -0.05) is 24.3 Å². The van der Waals surface area contributed by atoms with Crippen molar-refractivity contribution in [1.29, 1.82) is 0 Å². The molecule has 2 aromatic rings. The van der Waals surface area contributed by atoms with Crippen LogP contribution in [-0.4, -0.2) is 79.1 Å². The van der Waals surface area contributed by atoms with Gasteiger partial charge in [-0.3, -0.25) is 19.5 Å². The molecule has 7 nitrogen and oxygen atoms in total. The molecule has 0 aliphatic carbocycles. The largest absolute Gasteiger partial charge is 0.379 e. The monoisotopic (exact) mass is 450 g/mol. The molecule has 0 spiro atoms. The highest BCUT2D eigenvalue weighted by molar-refractivity contribution is 6.00. The number of hydrogen-bond acceptors (Lipinski definition) is 5. The van der Waals surface area contributed by atoms with Gasteiger partial charge in [0.1, 0.15) is 0 Å². The number of rotatable bonds is 7. The van der Waals surface area contributed by atoms with E-state index in [1.54, 1.807) is 6.20 Å². The molecule has 0 unspecified atom stereocenters. The molecule has 2 aliphatic heterocycles. The number of piperidine rings is 1. The van der Waals surface area contributed by atoms with Gasteiger partial charge in [0.15, 0.2) is 0 Å². The summed E-state index contributed by atoms with van der Waals surface area (Å²) in [4.78, 5) is 34.7. The van der Waals surface area contributed by atoms with Gasteiger partial charge in [-0.2, -0.15) is 0 Å². The molecule has 176 valence electrons. The molecular weight excluding hydrogens is 416 g/mol. The predicted molar refractivity (Wildman–Crippen MR) is 128 cm³/mol. The number of nitrogens with zero attached hydrogens (tertiary/aromatic N) is 3. The number of nitrogens with one attached hydrogen (secondary N) is 1.